The molecule has 1 amide bonds. The molecule has 0 aliphatic carbocycles. The third-order valence-electron chi connectivity index (χ3n) is 3.14. The van der Waals surface area contributed by atoms with Gasteiger partial charge in [0.05, 0.1) is 11.4 Å². The summed E-state index contributed by atoms with van der Waals surface area (Å²) in [5.74, 6) is 0. The Morgan fingerprint density at radius 2 is 2.00 bits per heavy atom. The molecule has 100 valence electrons. The molecule has 2 aromatic heterocycles. The second kappa shape index (κ2) is 5.38. The maximum atomic E-state index is 10.5. The number of amides is 1. The number of anilines is 1. The minimum atomic E-state index is 0.664. The molecular weight excluding hydrogens is 270 g/mol. The Hall–Kier alpha value is -2.27. The van der Waals surface area contributed by atoms with Crippen molar-refractivity contribution in [2.75, 3.05) is 11.6 Å². The molecule has 0 spiro atoms. The molecule has 5 heteroatoms. The van der Waals surface area contributed by atoms with E-state index >= 15 is 0 Å². The zero-order chi connectivity index (χ0) is 13.9. The summed E-state index contributed by atoms with van der Waals surface area (Å²) < 4.78 is 0. The van der Waals surface area contributed by atoms with Gasteiger partial charge in [0, 0.05) is 22.0 Å². The molecule has 2 heterocycles. The molecule has 20 heavy (non-hydrogen) atoms. The monoisotopic (exact) mass is 283 g/mol. The van der Waals surface area contributed by atoms with Crippen molar-refractivity contribution in [3.05, 3.63) is 42.6 Å². The summed E-state index contributed by atoms with van der Waals surface area (Å²) in [6, 6.07) is 12.2. The van der Waals surface area contributed by atoms with E-state index in [9.17, 15) is 4.79 Å². The maximum absolute atomic E-state index is 10.5. The Labute approximate surface area is 120 Å². The molecular formula is C15H13N3OS. The van der Waals surface area contributed by atoms with Crippen molar-refractivity contribution in [2.24, 2.45) is 0 Å². The predicted octanol–water partition coefficient (Wildman–Crippen LogP) is 3.52. The molecule has 4 nitrogen and oxygen atoms in total. The highest BCUT2D eigenvalue weighted by Gasteiger charge is 2.06. The van der Waals surface area contributed by atoms with E-state index in [1.807, 2.05) is 12.1 Å². The number of hydrogen-bond donors (Lipinski definition) is 2. The number of aromatic nitrogens is 2. The highest BCUT2D eigenvalue weighted by atomic mass is 32.2. The second-order valence-corrected chi connectivity index (χ2v) is 5.17. The van der Waals surface area contributed by atoms with Crippen LogP contribution in [0.15, 0.2) is 47.5 Å². The number of rotatable bonds is 4. The Kier molecular flexibility index (Phi) is 3.43. The number of nitrogens with zero attached hydrogens (tertiary/aromatic N) is 1. The van der Waals surface area contributed by atoms with Gasteiger partial charge < -0.3 is 10.3 Å². The molecule has 0 aliphatic heterocycles. The third-order valence-corrected chi connectivity index (χ3v) is 3.88. The van der Waals surface area contributed by atoms with E-state index in [0.717, 1.165) is 28.0 Å². The van der Waals surface area contributed by atoms with E-state index in [1.165, 1.54) is 4.90 Å². The molecule has 0 unspecified atom stereocenters. The predicted molar refractivity (Wildman–Crippen MR) is 83.0 cm³/mol. The summed E-state index contributed by atoms with van der Waals surface area (Å²) in [6.45, 7) is 0. The molecule has 0 atom stereocenters. The van der Waals surface area contributed by atoms with Gasteiger partial charge in [0.25, 0.3) is 0 Å². The molecule has 2 N–H and O–H groups in total. The van der Waals surface area contributed by atoms with E-state index in [2.05, 4.69) is 45.8 Å². The van der Waals surface area contributed by atoms with Crippen LogP contribution >= 0.6 is 11.8 Å². The minimum Gasteiger partial charge on any atom is -0.344 e. The average molecular weight is 283 g/mol. The topological polar surface area (TPSA) is 57.8 Å². The van der Waals surface area contributed by atoms with Crippen molar-refractivity contribution in [1.82, 2.24) is 9.97 Å². The van der Waals surface area contributed by atoms with Crippen LogP contribution < -0.4 is 5.32 Å². The zero-order valence-electron chi connectivity index (χ0n) is 10.9. The van der Waals surface area contributed by atoms with Crippen molar-refractivity contribution in [1.29, 1.82) is 0 Å². The number of fused-ring (bicyclic) bond motifs is 1. The fourth-order valence-electron chi connectivity index (χ4n) is 2.11. The number of carbonyl (C=O) groups excluding carboxylic acids is 1. The Morgan fingerprint density at radius 3 is 2.70 bits per heavy atom. The van der Waals surface area contributed by atoms with Crippen molar-refractivity contribution in [2.45, 2.75) is 4.90 Å². The van der Waals surface area contributed by atoms with Crippen molar-refractivity contribution in [3.8, 4) is 11.3 Å². The zero-order valence-corrected chi connectivity index (χ0v) is 11.7. The number of pyridine rings is 1. The van der Waals surface area contributed by atoms with Crippen LogP contribution in [0.5, 0.6) is 0 Å². The van der Waals surface area contributed by atoms with Gasteiger partial charge in [0.1, 0.15) is 5.65 Å². The summed E-state index contributed by atoms with van der Waals surface area (Å²) >= 11 is 1.72. The van der Waals surface area contributed by atoms with Crippen LogP contribution in [0, 0.1) is 0 Å². The van der Waals surface area contributed by atoms with Crippen LogP contribution in [0.3, 0.4) is 0 Å². The Balaban J connectivity index is 2.01. The molecule has 1 aromatic carbocycles. The van der Waals surface area contributed by atoms with Crippen molar-refractivity contribution in [3.63, 3.8) is 0 Å². The number of H-pyrrole nitrogens is 1. The van der Waals surface area contributed by atoms with Crippen molar-refractivity contribution < 1.29 is 4.79 Å². The van der Waals surface area contributed by atoms with Crippen LogP contribution in [0.2, 0.25) is 0 Å². The lowest BCUT2D eigenvalue weighted by Crippen LogP contribution is -1.91. The first kappa shape index (κ1) is 12.7. The van der Waals surface area contributed by atoms with Crippen LogP contribution in [0.25, 0.3) is 22.3 Å². The first-order valence-electron chi connectivity index (χ1n) is 6.14. The van der Waals surface area contributed by atoms with E-state index in [-0.39, 0.29) is 0 Å². The fraction of sp³-hybridized carbons (Fsp3) is 0.0667. The number of aromatic amines is 1. The highest BCUT2D eigenvalue weighted by Crippen LogP contribution is 2.26. The second-order valence-electron chi connectivity index (χ2n) is 4.29. The lowest BCUT2D eigenvalue weighted by atomic mass is 10.1. The number of thioether (sulfide) groups is 1. The maximum Gasteiger partial charge on any atom is 0.211 e. The largest absolute Gasteiger partial charge is 0.344 e. The molecule has 3 rings (SSSR count). The van der Waals surface area contributed by atoms with Gasteiger partial charge in [-0.1, -0.05) is 12.1 Å². The SMILES string of the molecule is CSc1ccc(-c2ccc3c(NC=O)c[nH]c3n2)cc1. The van der Waals surface area contributed by atoms with Gasteiger partial charge in [0.15, 0.2) is 0 Å². The molecule has 3 aromatic rings. The van der Waals surface area contributed by atoms with Gasteiger partial charge in [-0.2, -0.15) is 0 Å². The Morgan fingerprint density at radius 1 is 1.20 bits per heavy atom. The van der Waals surface area contributed by atoms with Crippen LogP contribution in [-0.4, -0.2) is 22.6 Å². The van der Waals surface area contributed by atoms with Gasteiger partial charge in [-0.15, -0.1) is 11.8 Å². The van der Waals surface area contributed by atoms with Gasteiger partial charge in [-0.25, -0.2) is 4.98 Å². The van der Waals surface area contributed by atoms with Gasteiger partial charge in [-0.3, -0.25) is 4.79 Å². The van der Waals surface area contributed by atoms with E-state index < -0.39 is 0 Å². The molecule has 0 radical (unpaired) electrons. The molecule has 0 aliphatic rings. The minimum absolute atomic E-state index is 0.664. The van der Waals surface area contributed by atoms with Crippen LogP contribution in [0.1, 0.15) is 0 Å². The van der Waals surface area contributed by atoms with Crippen molar-refractivity contribution >= 4 is 34.9 Å². The van der Waals surface area contributed by atoms with Crippen LogP contribution in [0.4, 0.5) is 5.69 Å². The normalized spacial score (nSPS) is 10.7. The van der Waals surface area contributed by atoms with Crippen LogP contribution in [-0.2, 0) is 4.79 Å². The number of benzene rings is 1. The van der Waals surface area contributed by atoms with Gasteiger partial charge in [-0.05, 0) is 30.5 Å². The summed E-state index contributed by atoms with van der Waals surface area (Å²) in [7, 11) is 0. The van der Waals surface area contributed by atoms with Gasteiger partial charge >= 0.3 is 0 Å². The first-order valence-corrected chi connectivity index (χ1v) is 7.37. The lowest BCUT2D eigenvalue weighted by Gasteiger charge is -2.03. The first-order chi connectivity index (χ1) is 9.81. The van der Waals surface area contributed by atoms with E-state index in [0.29, 0.717) is 6.41 Å². The molecule has 0 saturated carbocycles. The molecule has 0 saturated heterocycles. The molecule has 0 fully saturated rings. The average Bonchev–Trinajstić information content (AvgIpc) is 2.90. The highest BCUT2D eigenvalue weighted by molar-refractivity contribution is 7.98. The van der Waals surface area contributed by atoms with E-state index in [1.54, 1.807) is 18.0 Å². The fourth-order valence-corrected chi connectivity index (χ4v) is 2.52. The molecule has 0 bridgehead atoms. The van der Waals surface area contributed by atoms with E-state index in [4.69, 9.17) is 0 Å². The number of carbonyl (C=O) groups is 1. The standard InChI is InChI=1S/C15H13N3OS/c1-20-11-4-2-10(3-5-11)13-7-6-12-14(17-9-19)8-16-15(12)18-13/h2-9H,1H3,(H,16,18)(H,17,19). The van der Waals surface area contributed by atoms with Gasteiger partial charge in [0.2, 0.25) is 6.41 Å². The quantitative estimate of drug-likeness (QED) is 0.569. The Bertz CT molecular complexity index is 749. The lowest BCUT2D eigenvalue weighted by molar-refractivity contribution is -0.105. The summed E-state index contributed by atoms with van der Waals surface area (Å²) in [6.07, 6.45) is 4.46. The number of nitrogens with one attached hydrogen (secondary N) is 2. The number of hydrogen-bond acceptors (Lipinski definition) is 3. The summed E-state index contributed by atoms with van der Waals surface area (Å²) in [5, 5.41) is 3.55. The summed E-state index contributed by atoms with van der Waals surface area (Å²) in [4.78, 5) is 19.4. The smallest absolute Gasteiger partial charge is 0.211 e. The third kappa shape index (κ3) is 2.28. The summed E-state index contributed by atoms with van der Waals surface area (Å²) in [5.41, 5.74) is 3.49.